The van der Waals surface area contributed by atoms with Crippen LogP contribution in [0.5, 0.6) is 0 Å². The third-order valence-electron chi connectivity index (χ3n) is 0. The summed E-state index contributed by atoms with van der Waals surface area (Å²) in [5, 5.41) is 0. The lowest BCUT2D eigenvalue weighted by Gasteiger charge is -1.59. The van der Waals surface area contributed by atoms with Gasteiger partial charge in [-0.2, -0.15) is 4.21 Å². The highest BCUT2D eigenvalue weighted by atomic mass is 32.2. The van der Waals surface area contributed by atoms with E-state index in [2.05, 4.69) is 0 Å². The van der Waals surface area contributed by atoms with Gasteiger partial charge in [0.15, 0.2) is 0 Å². The number of carbonyl (C=O) groups is 1. The van der Waals surface area contributed by atoms with Gasteiger partial charge in [-0.1, -0.05) is 0 Å². The number of hydrogen-bond donors (Lipinski definition) is 2. The van der Waals surface area contributed by atoms with Crippen LogP contribution in [0, 0.1) is 0 Å². The van der Waals surface area contributed by atoms with Crippen molar-refractivity contribution in [2.75, 3.05) is 0 Å². The van der Waals surface area contributed by atoms with Gasteiger partial charge in [-0.3, -0.25) is 9.11 Å². The van der Waals surface area contributed by atoms with Crippen molar-refractivity contribution in [3.63, 3.8) is 0 Å². The van der Waals surface area contributed by atoms with Crippen molar-refractivity contribution in [2.45, 2.75) is 6.92 Å². The van der Waals surface area contributed by atoms with Gasteiger partial charge >= 0.3 is 0 Å². The fraction of sp³-hybridized carbons (Fsp3) is 0.500. The molecule has 0 fully saturated rings. The average Bonchev–Trinajstić information content (AvgIpc) is 1.33. The van der Waals surface area contributed by atoms with Crippen LogP contribution in [0.15, 0.2) is 0 Å². The van der Waals surface area contributed by atoms with Crippen LogP contribution in [0.3, 0.4) is 0 Å². The molecule has 0 aliphatic rings. The molecule has 0 unspecified atom stereocenters. The fourth-order valence-corrected chi connectivity index (χ4v) is 0. The topological polar surface area (TPSA) is 106 Å². The third-order valence-corrected chi connectivity index (χ3v) is 0. The first-order chi connectivity index (χ1) is 3.15. The molecule has 0 saturated carbocycles. The van der Waals surface area contributed by atoms with Crippen LogP contribution in [0.4, 0.5) is 0 Å². The van der Waals surface area contributed by atoms with Crippen molar-refractivity contribution in [3.8, 4) is 0 Å². The Labute approximate surface area is 49.1 Å². The summed E-state index contributed by atoms with van der Waals surface area (Å²) in [6.45, 7) is 1.44. The third kappa shape index (κ3) is 1400. The summed E-state index contributed by atoms with van der Waals surface area (Å²) < 4.78 is 22.8. The van der Waals surface area contributed by atoms with E-state index in [1.54, 1.807) is 0 Å². The second-order valence-corrected chi connectivity index (χ2v) is 0.928. The van der Waals surface area contributed by atoms with Gasteiger partial charge in [0.1, 0.15) is 6.29 Å². The van der Waals surface area contributed by atoms with Gasteiger partial charge in [0.25, 0.3) is 11.4 Å². The van der Waals surface area contributed by atoms with Crippen LogP contribution in [0.1, 0.15) is 6.92 Å². The smallest absolute Gasteiger partial charge is 0.299 e. The normalized spacial score (nSPS) is 6.00. The summed E-state index contributed by atoms with van der Waals surface area (Å²) in [6, 6.07) is 0. The molecule has 8 heavy (non-hydrogen) atoms. The Kier molecular flexibility index (Phi) is 31.1. The summed E-state index contributed by atoms with van der Waals surface area (Å²) in [4.78, 5) is 8.81. The molecule has 0 aromatic rings. The van der Waals surface area contributed by atoms with Crippen molar-refractivity contribution in [3.05, 3.63) is 0 Å². The maximum absolute atomic E-state index is 8.81. The molecule has 52 valence electrons. The monoisotopic (exact) mass is 144 g/mol. The van der Waals surface area contributed by atoms with Crippen LogP contribution >= 0.6 is 0 Å². The Hall–Kier alpha value is -0.300. The highest BCUT2D eigenvalue weighted by molar-refractivity contribution is 7.73. The second kappa shape index (κ2) is 15.9. The molecule has 0 amide bonds. The van der Waals surface area contributed by atoms with E-state index >= 15 is 0 Å². The van der Waals surface area contributed by atoms with E-state index in [0.717, 1.165) is 6.29 Å². The van der Waals surface area contributed by atoms with Gasteiger partial charge in [0.2, 0.25) is 0 Å². The van der Waals surface area contributed by atoms with E-state index in [0.29, 0.717) is 0 Å². The van der Waals surface area contributed by atoms with Crippen LogP contribution in [0.2, 0.25) is 0 Å². The minimum absolute atomic E-state index is 0. The van der Waals surface area contributed by atoms with E-state index in [1.807, 2.05) is 0 Å². The highest BCUT2D eigenvalue weighted by Crippen LogP contribution is 1.44. The first-order valence-corrected chi connectivity index (χ1v) is 2.41. The summed E-state index contributed by atoms with van der Waals surface area (Å²) >= 11 is -2.61. The Morgan fingerprint density at radius 2 is 1.50 bits per heavy atom. The number of carbonyl (C=O) groups excluding carboxylic acids is 1. The van der Waals surface area contributed by atoms with Crippen molar-refractivity contribution in [1.82, 2.24) is 0 Å². The molecule has 0 rings (SSSR count). The van der Waals surface area contributed by atoms with Crippen molar-refractivity contribution in [1.29, 1.82) is 0 Å². The maximum atomic E-state index is 8.81. The predicted octanol–water partition coefficient (Wildman–Crippen LogP) is -0.938. The second-order valence-electron chi connectivity index (χ2n) is 0.466. The van der Waals surface area contributed by atoms with Gasteiger partial charge in [0, 0.05) is 0 Å². The molecular weight excluding hydrogens is 136 g/mol. The Bertz CT molecular complexity index is 57.4. The van der Waals surface area contributed by atoms with Crippen LogP contribution < -0.4 is 0 Å². The lowest BCUT2D eigenvalue weighted by molar-refractivity contribution is -0.106. The van der Waals surface area contributed by atoms with E-state index in [9.17, 15) is 0 Å². The predicted molar refractivity (Wildman–Crippen MR) is 28.8 cm³/mol. The van der Waals surface area contributed by atoms with Gasteiger partial charge in [-0.05, 0) is 6.92 Å². The molecule has 0 atom stereocenters. The minimum atomic E-state index is -2.61. The Morgan fingerprint density at radius 3 is 1.50 bits per heavy atom. The SMILES string of the molecule is CC=O.O.O=S(O)O. The van der Waals surface area contributed by atoms with Gasteiger partial charge in [-0.25, -0.2) is 0 Å². The quantitative estimate of drug-likeness (QED) is 0.338. The summed E-state index contributed by atoms with van der Waals surface area (Å²) in [6.07, 6.45) is 0.750. The summed E-state index contributed by atoms with van der Waals surface area (Å²) in [5.41, 5.74) is 0. The van der Waals surface area contributed by atoms with Crippen molar-refractivity contribution >= 4 is 17.6 Å². The summed E-state index contributed by atoms with van der Waals surface area (Å²) in [5.74, 6) is 0. The van der Waals surface area contributed by atoms with E-state index < -0.39 is 11.4 Å². The molecule has 0 aliphatic carbocycles. The van der Waals surface area contributed by atoms with E-state index in [-0.39, 0.29) is 5.48 Å². The largest absolute Gasteiger partial charge is 0.412 e. The molecule has 5 nitrogen and oxygen atoms in total. The molecule has 0 radical (unpaired) electrons. The zero-order chi connectivity index (χ0) is 6.28. The molecule has 0 aromatic heterocycles. The molecule has 0 heterocycles. The zero-order valence-electron chi connectivity index (χ0n) is 4.20. The Balaban J connectivity index is -0.0000000575. The standard InChI is InChI=1S/C2H4O.H2O3S.H2O/c1-2-3;1-4(2)3;/h2H,1H3;(H2,1,2,3);1H2. The molecule has 0 spiro atoms. The first kappa shape index (κ1) is 15.6. The maximum Gasteiger partial charge on any atom is 0.299 e. The molecule has 0 saturated heterocycles. The van der Waals surface area contributed by atoms with Gasteiger partial charge in [-0.15, -0.1) is 0 Å². The van der Waals surface area contributed by atoms with Crippen LogP contribution in [-0.2, 0) is 16.2 Å². The highest BCUT2D eigenvalue weighted by Gasteiger charge is 1.62. The first-order valence-electron chi connectivity index (χ1n) is 1.34. The van der Waals surface area contributed by atoms with Crippen LogP contribution in [-0.4, -0.2) is 25.1 Å². The number of rotatable bonds is 0. The molecule has 6 heteroatoms. The average molecular weight is 144 g/mol. The van der Waals surface area contributed by atoms with Crippen molar-refractivity contribution in [2.24, 2.45) is 0 Å². The van der Waals surface area contributed by atoms with E-state index in [1.165, 1.54) is 6.92 Å². The van der Waals surface area contributed by atoms with E-state index in [4.69, 9.17) is 18.1 Å². The lowest BCUT2D eigenvalue weighted by Crippen LogP contribution is -1.74. The van der Waals surface area contributed by atoms with Gasteiger partial charge in [0.05, 0.1) is 0 Å². The Morgan fingerprint density at radius 1 is 1.50 bits per heavy atom. The van der Waals surface area contributed by atoms with Crippen LogP contribution in [0.25, 0.3) is 0 Å². The van der Waals surface area contributed by atoms with Gasteiger partial charge < -0.3 is 10.3 Å². The molecule has 0 bridgehead atoms. The fourth-order valence-electron chi connectivity index (χ4n) is 0. The summed E-state index contributed by atoms with van der Waals surface area (Å²) in [7, 11) is 0. The molecule has 4 N–H and O–H groups in total. The number of aldehydes is 1. The van der Waals surface area contributed by atoms with Crippen molar-refractivity contribution < 1.29 is 23.6 Å². The molecule has 0 aromatic carbocycles. The zero-order valence-corrected chi connectivity index (χ0v) is 5.01. The lowest BCUT2D eigenvalue weighted by atomic mass is 11.0. The number of hydrogen-bond acceptors (Lipinski definition) is 2. The molecule has 0 aliphatic heterocycles. The molecular formula is C2H8O5S. The minimum Gasteiger partial charge on any atom is -0.412 e.